The summed E-state index contributed by atoms with van der Waals surface area (Å²) in [6.07, 6.45) is 0.744. The van der Waals surface area contributed by atoms with Gasteiger partial charge in [0.25, 0.3) is 0 Å². The van der Waals surface area contributed by atoms with Gasteiger partial charge in [0, 0.05) is 18.1 Å². The molecule has 2 aromatic carbocycles. The van der Waals surface area contributed by atoms with E-state index in [2.05, 4.69) is 10.6 Å². The summed E-state index contributed by atoms with van der Waals surface area (Å²) in [4.78, 5) is 11.7. The molecule has 0 saturated heterocycles. The molecule has 0 aliphatic rings. The molecule has 2 rings (SSSR count). The first-order chi connectivity index (χ1) is 10.8. The van der Waals surface area contributed by atoms with Crippen molar-refractivity contribution >= 4 is 17.6 Å². The van der Waals surface area contributed by atoms with Gasteiger partial charge in [0.2, 0.25) is 0 Å². The summed E-state index contributed by atoms with van der Waals surface area (Å²) in [5.74, 6) is 0.839. The molecule has 0 unspecified atom stereocenters. The summed E-state index contributed by atoms with van der Waals surface area (Å²) >= 11 is 6.02. The maximum atomic E-state index is 11.7. The number of halogens is 1. The van der Waals surface area contributed by atoms with Crippen LogP contribution in [0.15, 0.2) is 54.6 Å². The highest BCUT2D eigenvalue weighted by molar-refractivity contribution is 6.31. The van der Waals surface area contributed by atoms with Gasteiger partial charge in [-0.3, -0.25) is 0 Å². The fourth-order valence-corrected chi connectivity index (χ4v) is 2.06. The van der Waals surface area contributed by atoms with Gasteiger partial charge in [0.15, 0.2) is 0 Å². The molecule has 0 atom stereocenters. The molecule has 0 bridgehead atoms. The Kier molecular flexibility index (Phi) is 6.58. The van der Waals surface area contributed by atoms with E-state index in [1.165, 1.54) is 0 Å². The van der Waals surface area contributed by atoms with Crippen molar-refractivity contribution in [3.63, 3.8) is 0 Å². The van der Waals surface area contributed by atoms with E-state index in [9.17, 15) is 4.79 Å². The van der Waals surface area contributed by atoms with Gasteiger partial charge in [0.05, 0.1) is 6.61 Å². The molecule has 0 aliphatic carbocycles. The predicted molar refractivity (Wildman–Crippen MR) is 88.2 cm³/mol. The lowest BCUT2D eigenvalue weighted by molar-refractivity contribution is 0.238. The topological polar surface area (TPSA) is 50.4 Å². The van der Waals surface area contributed by atoms with Crippen LogP contribution in [0.1, 0.15) is 12.0 Å². The number of carbonyl (C=O) groups excluding carboxylic acids is 1. The Hall–Kier alpha value is -2.20. The summed E-state index contributed by atoms with van der Waals surface area (Å²) in [7, 11) is 0. The quantitative estimate of drug-likeness (QED) is 0.766. The Morgan fingerprint density at radius 3 is 2.50 bits per heavy atom. The monoisotopic (exact) mass is 318 g/mol. The van der Waals surface area contributed by atoms with Crippen LogP contribution in [-0.2, 0) is 6.54 Å². The second kappa shape index (κ2) is 8.95. The molecule has 2 N–H and O–H groups in total. The van der Waals surface area contributed by atoms with Crippen molar-refractivity contribution in [3.05, 3.63) is 65.2 Å². The zero-order chi connectivity index (χ0) is 15.6. The Balaban J connectivity index is 1.57. The number of nitrogens with one attached hydrogen (secondary N) is 2. The fraction of sp³-hybridized carbons (Fsp3) is 0.235. The van der Waals surface area contributed by atoms with Gasteiger partial charge in [-0.05, 0) is 30.2 Å². The zero-order valence-corrected chi connectivity index (χ0v) is 13.0. The fourth-order valence-electron chi connectivity index (χ4n) is 1.86. The molecule has 2 aromatic rings. The molecular weight excluding hydrogens is 300 g/mol. The minimum absolute atomic E-state index is 0.209. The smallest absolute Gasteiger partial charge is 0.315 e. The van der Waals surface area contributed by atoms with Gasteiger partial charge in [-0.25, -0.2) is 4.79 Å². The first-order valence-electron chi connectivity index (χ1n) is 7.18. The van der Waals surface area contributed by atoms with E-state index in [0.29, 0.717) is 24.7 Å². The standard InChI is InChI=1S/C17H19ClN2O2/c18-16-10-5-4-7-14(16)13-20-17(21)19-11-6-12-22-15-8-2-1-3-9-15/h1-5,7-10H,6,11-13H2,(H2,19,20,21). The van der Waals surface area contributed by atoms with Crippen LogP contribution in [-0.4, -0.2) is 19.2 Å². The number of hydrogen-bond donors (Lipinski definition) is 2. The second-order valence-electron chi connectivity index (χ2n) is 4.72. The number of amides is 2. The van der Waals surface area contributed by atoms with Gasteiger partial charge in [-0.1, -0.05) is 48.0 Å². The number of carbonyl (C=O) groups is 1. The first kappa shape index (κ1) is 16.2. The molecular formula is C17H19ClN2O2. The minimum Gasteiger partial charge on any atom is -0.494 e. The van der Waals surface area contributed by atoms with Crippen LogP contribution >= 0.6 is 11.6 Å². The maximum Gasteiger partial charge on any atom is 0.315 e. The van der Waals surface area contributed by atoms with Crippen molar-refractivity contribution in [1.82, 2.24) is 10.6 Å². The van der Waals surface area contributed by atoms with Gasteiger partial charge in [-0.2, -0.15) is 0 Å². The highest BCUT2D eigenvalue weighted by atomic mass is 35.5. The van der Waals surface area contributed by atoms with Crippen molar-refractivity contribution in [3.8, 4) is 5.75 Å². The lowest BCUT2D eigenvalue weighted by Gasteiger charge is -2.09. The van der Waals surface area contributed by atoms with Gasteiger partial charge in [-0.15, -0.1) is 0 Å². The lowest BCUT2D eigenvalue weighted by Crippen LogP contribution is -2.36. The van der Waals surface area contributed by atoms with E-state index in [1.807, 2.05) is 48.5 Å². The molecule has 0 saturated carbocycles. The predicted octanol–water partition coefficient (Wildman–Crippen LogP) is 3.61. The first-order valence-corrected chi connectivity index (χ1v) is 7.56. The molecule has 22 heavy (non-hydrogen) atoms. The SMILES string of the molecule is O=C(NCCCOc1ccccc1)NCc1ccccc1Cl. The Morgan fingerprint density at radius 1 is 1.00 bits per heavy atom. The normalized spacial score (nSPS) is 10.0. The van der Waals surface area contributed by atoms with Gasteiger partial charge < -0.3 is 15.4 Å². The second-order valence-corrected chi connectivity index (χ2v) is 5.12. The van der Waals surface area contributed by atoms with Crippen molar-refractivity contribution in [1.29, 1.82) is 0 Å². The van der Waals surface area contributed by atoms with Crippen LogP contribution in [0.4, 0.5) is 4.79 Å². The molecule has 0 fully saturated rings. The van der Waals surface area contributed by atoms with Crippen molar-refractivity contribution in [2.75, 3.05) is 13.2 Å². The average molecular weight is 319 g/mol. The summed E-state index contributed by atoms with van der Waals surface area (Å²) in [6.45, 7) is 1.53. The molecule has 0 aromatic heterocycles. The van der Waals surface area contributed by atoms with Crippen molar-refractivity contribution < 1.29 is 9.53 Å². The molecule has 0 aliphatic heterocycles. The number of urea groups is 1. The van der Waals surface area contributed by atoms with E-state index in [-0.39, 0.29) is 6.03 Å². The maximum absolute atomic E-state index is 11.7. The minimum atomic E-state index is -0.209. The van der Waals surface area contributed by atoms with E-state index >= 15 is 0 Å². The third kappa shape index (κ3) is 5.66. The van der Waals surface area contributed by atoms with E-state index in [4.69, 9.17) is 16.3 Å². The average Bonchev–Trinajstić information content (AvgIpc) is 2.55. The molecule has 2 amide bonds. The van der Waals surface area contributed by atoms with Crippen LogP contribution in [0.2, 0.25) is 5.02 Å². The summed E-state index contributed by atoms with van der Waals surface area (Å²) in [5, 5.41) is 6.21. The Bertz CT molecular complexity index is 590. The number of hydrogen-bond acceptors (Lipinski definition) is 2. The van der Waals surface area contributed by atoms with Crippen LogP contribution in [0.5, 0.6) is 5.75 Å². The molecule has 116 valence electrons. The number of rotatable bonds is 7. The highest BCUT2D eigenvalue weighted by Gasteiger charge is 2.02. The largest absolute Gasteiger partial charge is 0.494 e. The third-order valence-corrected chi connectivity index (χ3v) is 3.38. The van der Waals surface area contributed by atoms with Crippen molar-refractivity contribution in [2.24, 2.45) is 0 Å². The van der Waals surface area contributed by atoms with Crippen LogP contribution in [0, 0.1) is 0 Å². The third-order valence-electron chi connectivity index (χ3n) is 3.02. The Labute approximate surface area is 135 Å². The molecule has 0 spiro atoms. The van der Waals surface area contributed by atoms with E-state index < -0.39 is 0 Å². The molecule has 5 heteroatoms. The zero-order valence-electron chi connectivity index (χ0n) is 12.2. The van der Waals surface area contributed by atoms with E-state index in [1.54, 1.807) is 6.07 Å². The summed E-state index contributed by atoms with van der Waals surface area (Å²) in [5.41, 5.74) is 0.895. The highest BCUT2D eigenvalue weighted by Crippen LogP contribution is 2.14. The van der Waals surface area contributed by atoms with Gasteiger partial charge in [0.1, 0.15) is 5.75 Å². The molecule has 0 heterocycles. The Morgan fingerprint density at radius 2 is 1.73 bits per heavy atom. The number of para-hydroxylation sites is 1. The molecule has 4 nitrogen and oxygen atoms in total. The van der Waals surface area contributed by atoms with Crippen LogP contribution in [0.25, 0.3) is 0 Å². The van der Waals surface area contributed by atoms with Crippen LogP contribution in [0.3, 0.4) is 0 Å². The van der Waals surface area contributed by atoms with Gasteiger partial charge >= 0.3 is 6.03 Å². The number of benzene rings is 2. The number of ether oxygens (including phenoxy) is 1. The van der Waals surface area contributed by atoms with E-state index in [0.717, 1.165) is 17.7 Å². The van der Waals surface area contributed by atoms with Crippen molar-refractivity contribution in [2.45, 2.75) is 13.0 Å². The molecule has 0 radical (unpaired) electrons. The summed E-state index contributed by atoms with van der Waals surface area (Å²) in [6, 6.07) is 16.8. The van der Waals surface area contributed by atoms with Crippen LogP contribution < -0.4 is 15.4 Å². The summed E-state index contributed by atoms with van der Waals surface area (Å²) < 4.78 is 5.54. The lowest BCUT2D eigenvalue weighted by atomic mass is 10.2.